The SMILES string of the molecule is C=CCC[C@@H](OCc1ccc(OC)cc1)[C@H]1C[C@@H](CC(=O)[C@H](C)C(=O)N2C(=O)OC[C@@H]2Cc2ccccc2)OC(C)(C)O1. The standard InChI is InChI=1S/C34H43NO8/c1-6-7-13-30(40-21-25-14-16-27(39-5)17-15-25)31-20-28(42-34(3,4)43-31)19-29(36)23(2)32(37)35-26(22-41-33(35)38)18-24-11-9-8-10-12-24/h6,8-12,14-17,23,26,28,30-31H,1,7,13,18-22H2,2-5H3/t23-,26-,28+,30+,31+/m0/s1. The van der Waals surface area contributed by atoms with Crippen LogP contribution in [0, 0.1) is 5.92 Å². The highest BCUT2D eigenvalue weighted by Crippen LogP contribution is 2.33. The van der Waals surface area contributed by atoms with Gasteiger partial charge in [0.05, 0.1) is 44.0 Å². The van der Waals surface area contributed by atoms with Gasteiger partial charge in [-0.15, -0.1) is 6.58 Å². The number of benzene rings is 2. The van der Waals surface area contributed by atoms with Crippen molar-refractivity contribution in [1.29, 1.82) is 0 Å². The molecule has 0 saturated carbocycles. The second-order valence-corrected chi connectivity index (χ2v) is 11.6. The minimum Gasteiger partial charge on any atom is -0.497 e. The fraction of sp³-hybridized carbons (Fsp3) is 0.500. The maximum atomic E-state index is 13.4. The van der Waals surface area contributed by atoms with Crippen LogP contribution in [0.1, 0.15) is 57.6 Å². The van der Waals surface area contributed by atoms with Gasteiger partial charge in [-0.05, 0) is 63.3 Å². The number of carbonyl (C=O) groups excluding carboxylic acids is 3. The summed E-state index contributed by atoms with van der Waals surface area (Å²) in [4.78, 5) is 40.5. The molecule has 2 aliphatic heterocycles. The van der Waals surface area contributed by atoms with Gasteiger partial charge < -0.3 is 23.7 Å². The molecule has 0 unspecified atom stereocenters. The Morgan fingerprint density at radius 3 is 2.49 bits per heavy atom. The van der Waals surface area contributed by atoms with Crippen LogP contribution in [-0.4, -0.2) is 66.5 Å². The number of hydrogen-bond donors (Lipinski definition) is 0. The van der Waals surface area contributed by atoms with Gasteiger partial charge in [0.15, 0.2) is 5.79 Å². The van der Waals surface area contributed by atoms with Gasteiger partial charge in [0.2, 0.25) is 5.91 Å². The maximum Gasteiger partial charge on any atom is 0.417 e. The van der Waals surface area contributed by atoms with Crippen molar-refractivity contribution in [1.82, 2.24) is 4.90 Å². The fourth-order valence-electron chi connectivity index (χ4n) is 5.60. The summed E-state index contributed by atoms with van der Waals surface area (Å²) in [5.41, 5.74) is 1.98. The van der Waals surface area contributed by atoms with Crippen LogP contribution in [0.3, 0.4) is 0 Å². The molecular weight excluding hydrogens is 550 g/mol. The normalized spacial score (nSPS) is 22.8. The Labute approximate surface area is 254 Å². The molecule has 9 heteroatoms. The van der Waals surface area contributed by atoms with Crippen molar-refractivity contribution in [3.63, 3.8) is 0 Å². The van der Waals surface area contributed by atoms with Gasteiger partial charge in [-0.25, -0.2) is 9.69 Å². The second kappa shape index (κ2) is 14.8. The van der Waals surface area contributed by atoms with E-state index in [1.165, 1.54) is 0 Å². The Morgan fingerprint density at radius 1 is 1.09 bits per heavy atom. The molecule has 2 amide bonds. The number of ketones is 1. The fourth-order valence-corrected chi connectivity index (χ4v) is 5.60. The molecule has 5 atom stereocenters. The van der Waals surface area contributed by atoms with Crippen LogP contribution in [0.15, 0.2) is 67.3 Å². The zero-order valence-corrected chi connectivity index (χ0v) is 25.5. The topological polar surface area (TPSA) is 101 Å². The van der Waals surface area contributed by atoms with E-state index >= 15 is 0 Å². The number of hydrogen-bond acceptors (Lipinski definition) is 8. The minimum absolute atomic E-state index is 0.00902. The molecule has 4 rings (SSSR count). The molecule has 232 valence electrons. The van der Waals surface area contributed by atoms with E-state index in [0.717, 1.165) is 28.2 Å². The lowest BCUT2D eigenvalue weighted by atomic mass is 9.93. The number of Topliss-reactive ketones (excluding diaryl/α,β-unsaturated/α-hetero) is 1. The van der Waals surface area contributed by atoms with Gasteiger partial charge in [0, 0.05) is 12.8 Å². The smallest absolute Gasteiger partial charge is 0.417 e. The molecule has 9 nitrogen and oxygen atoms in total. The van der Waals surface area contributed by atoms with Crippen molar-refractivity contribution in [3.8, 4) is 5.75 Å². The second-order valence-electron chi connectivity index (χ2n) is 11.6. The Hall–Kier alpha value is -3.53. The van der Waals surface area contributed by atoms with Crippen molar-refractivity contribution in [3.05, 3.63) is 78.4 Å². The van der Waals surface area contributed by atoms with Gasteiger partial charge in [-0.3, -0.25) is 9.59 Å². The van der Waals surface area contributed by atoms with Crippen molar-refractivity contribution in [2.45, 2.75) is 89.6 Å². The van der Waals surface area contributed by atoms with E-state index in [-0.39, 0.29) is 31.0 Å². The van der Waals surface area contributed by atoms with Gasteiger partial charge >= 0.3 is 6.09 Å². The van der Waals surface area contributed by atoms with Crippen molar-refractivity contribution >= 4 is 17.8 Å². The lowest BCUT2D eigenvalue weighted by Crippen LogP contribution is -2.50. The number of rotatable bonds is 14. The van der Waals surface area contributed by atoms with Crippen LogP contribution in [0.4, 0.5) is 4.79 Å². The molecule has 0 bridgehead atoms. The molecule has 0 radical (unpaired) electrons. The largest absolute Gasteiger partial charge is 0.497 e. The Kier molecular flexibility index (Phi) is 11.1. The highest BCUT2D eigenvalue weighted by Gasteiger charge is 2.44. The highest BCUT2D eigenvalue weighted by atomic mass is 16.7. The lowest BCUT2D eigenvalue weighted by Gasteiger charge is -2.43. The Balaban J connectivity index is 1.40. The molecule has 0 spiro atoms. The van der Waals surface area contributed by atoms with Crippen LogP contribution in [-0.2, 0) is 41.6 Å². The van der Waals surface area contributed by atoms with Gasteiger partial charge in [-0.2, -0.15) is 0 Å². The first-order valence-corrected chi connectivity index (χ1v) is 14.9. The van der Waals surface area contributed by atoms with Crippen LogP contribution in [0.2, 0.25) is 0 Å². The number of amides is 2. The van der Waals surface area contributed by atoms with E-state index in [2.05, 4.69) is 6.58 Å². The van der Waals surface area contributed by atoms with Crippen LogP contribution >= 0.6 is 0 Å². The summed E-state index contributed by atoms with van der Waals surface area (Å²) in [6.45, 7) is 9.51. The molecule has 2 aromatic carbocycles. The average Bonchev–Trinajstić information content (AvgIpc) is 3.35. The quantitative estimate of drug-likeness (QED) is 0.205. The third-order valence-electron chi connectivity index (χ3n) is 7.87. The maximum absolute atomic E-state index is 13.4. The molecular formula is C34H43NO8. The summed E-state index contributed by atoms with van der Waals surface area (Å²) in [5.74, 6) is -2.07. The molecule has 2 aromatic rings. The third-order valence-corrected chi connectivity index (χ3v) is 7.87. The van der Waals surface area contributed by atoms with Crippen LogP contribution in [0.25, 0.3) is 0 Å². The average molecular weight is 594 g/mol. The molecule has 0 N–H and O–H groups in total. The molecule has 2 saturated heterocycles. The van der Waals surface area contributed by atoms with Gasteiger partial charge in [0.25, 0.3) is 0 Å². The monoisotopic (exact) mass is 593 g/mol. The summed E-state index contributed by atoms with van der Waals surface area (Å²) in [5, 5.41) is 0. The van der Waals surface area contributed by atoms with Crippen molar-refractivity contribution < 1.29 is 38.1 Å². The first-order chi connectivity index (χ1) is 20.6. The van der Waals surface area contributed by atoms with E-state index in [9.17, 15) is 14.4 Å². The number of imide groups is 1. The van der Waals surface area contributed by atoms with Gasteiger partial charge in [-0.1, -0.05) is 48.5 Å². The van der Waals surface area contributed by atoms with Crippen LogP contribution in [0.5, 0.6) is 5.75 Å². The number of ether oxygens (including phenoxy) is 5. The molecule has 2 heterocycles. The summed E-state index contributed by atoms with van der Waals surface area (Å²) >= 11 is 0. The molecule has 0 aromatic heterocycles. The molecule has 43 heavy (non-hydrogen) atoms. The Morgan fingerprint density at radius 2 is 1.81 bits per heavy atom. The zero-order valence-electron chi connectivity index (χ0n) is 25.5. The summed E-state index contributed by atoms with van der Waals surface area (Å²) in [7, 11) is 1.63. The van der Waals surface area contributed by atoms with E-state index in [1.807, 2.05) is 74.5 Å². The predicted molar refractivity (Wildman–Crippen MR) is 160 cm³/mol. The van der Waals surface area contributed by atoms with E-state index < -0.39 is 35.9 Å². The number of methoxy groups -OCH3 is 1. The Bertz CT molecular complexity index is 1240. The first kappa shape index (κ1) is 32.4. The van der Waals surface area contributed by atoms with Crippen LogP contribution < -0.4 is 4.74 Å². The first-order valence-electron chi connectivity index (χ1n) is 14.9. The third kappa shape index (κ3) is 8.75. The van der Waals surface area contributed by atoms with E-state index in [1.54, 1.807) is 14.0 Å². The van der Waals surface area contributed by atoms with E-state index in [0.29, 0.717) is 25.9 Å². The van der Waals surface area contributed by atoms with Crippen molar-refractivity contribution in [2.24, 2.45) is 5.92 Å². The van der Waals surface area contributed by atoms with Gasteiger partial charge in [0.1, 0.15) is 18.1 Å². The lowest BCUT2D eigenvalue weighted by molar-refractivity contribution is -0.315. The minimum atomic E-state index is -1.03. The summed E-state index contributed by atoms with van der Waals surface area (Å²) in [6, 6.07) is 16.8. The molecule has 0 aliphatic carbocycles. The predicted octanol–water partition coefficient (Wildman–Crippen LogP) is 5.64. The summed E-state index contributed by atoms with van der Waals surface area (Å²) in [6.07, 6.45) is 2.35. The highest BCUT2D eigenvalue weighted by molar-refractivity contribution is 6.06. The van der Waals surface area contributed by atoms with Crippen molar-refractivity contribution in [2.75, 3.05) is 13.7 Å². The number of nitrogens with zero attached hydrogens (tertiary/aromatic N) is 1. The zero-order chi connectivity index (χ0) is 31.0. The number of carbonyl (C=O) groups is 3. The van der Waals surface area contributed by atoms with E-state index in [4.69, 9.17) is 23.7 Å². The summed E-state index contributed by atoms with van der Waals surface area (Å²) < 4.78 is 29.2. The molecule has 2 fully saturated rings. The number of cyclic esters (lactones) is 1. The number of allylic oxidation sites excluding steroid dienone is 1. The molecule has 2 aliphatic rings.